The zero-order valence-electron chi connectivity index (χ0n) is 20.6. The van der Waals surface area contributed by atoms with Crippen molar-refractivity contribution < 1.29 is 18.8 Å². The molecule has 182 valence electrons. The van der Waals surface area contributed by atoms with Gasteiger partial charge < -0.3 is 9.16 Å². The van der Waals surface area contributed by atoms with Crippen molar-refractivity contribution in [2.24, 2.45) is 0 Å². The van der Waals surface area contributed by atoms with E-state index in [2.05, 4.69) is 38.8 Å². The van der Waals surface area contributed by atoms with Crippen molar-refractivity contribution in [2.45, 2.75) is 70.5 Å². The standard InChI is InChI=1S/C26H33ClN2O4Si/c1-18-24(19-12-8-7-9-13-19)32-25(31)29(18)23(30)17-22(33-34(5,6)26(2,3)4)21(27)16-20-14-10-11-15-28-20/h7-16,18,22,24H,17H2,1-6H3/b21-16-/t18-,22-,24-/m0/s1. The molecule has 0 N–H and O–H groups in total. The molecule has 1 aromatic carbocycles. The molecule has 0 saturated carbocycles. The van der Waals surface area contributed by atoms with Crippen LogP contribution in [-0.2, 0) is 14.0 Å². The van der Waals surface area contributed by atoms with Gasteiger partial charge in [0.15, 0.2) is 8.32 Å². The van der Waals surface area contributed by atoms with Gasteiger partial charge in [-0.15, -0.1) is 0 Å². The van der Waals surface area contributed by atoms with E-state index >= 15 is 0 Å². The van der Waals surface area contributed by atoms with Crippen molar-refractivity contribution >= 4 is 38.0 Å². The largest absolute Gasteiger partial charge is 0.439 e. The fraction of sp³-hybridized carbons (Fsp3) is 0.423. The molecule has 3 atom stereocenters. The molecule has 6 nitrogen and oxygen atoms in total. The van der Waals surface area contributed by atoms with Crippen LogP contribution >= 0.6 is 11.6 Å². The number of carbonyl (C=O) groups excluding carboxylic acids is 2. The Labute approximate surface area is 208 Å². The zero-order chi connectivity index (χ0) is 25.1. The zero-order valence-corrected chi connectivity index (χ0v) is 22.4. The molecule has 1 aliphatic rings. The van der Waals surface area contributed by atoms with Crippen LogP contribution in [0.1, 0.15) is 51.5 Å². The average molecular weight is 501 g/mol. The second-order valence-corrected chi connectivity index (χ2v) is 15.3. The summed E-state index contributed by atoms with van der Waals surface area (Å²) in [4.78, 5) is 31.6. The number of pyridine rings is 1. The van der Waals surface area contributed by atoms with Crippen LogP contribution in [0.4, 0.5) is 4.79 Å². The van der Waals surface area contributed by atoms with E-state index in [1.165, 1.54) is 4.90 Å². The molecule has 0 radical (unpaired) electrons. The predicted octanol–water partition coefficient (Wildman–Crippen LogP) is 6.55. The first-order valence-electron chi connectivity index (χ1n) is 11.4. The first kappa shape index (κ1) is 26.1. The van der Waals surface area contributed by atoms with E-state index in [4.69, 9.17) is 20.8 Å². The predicted molar refractivity (Wildman–Crippen MR) is 137 cm³/mol. The lowest BCUT2D eigenvalue weighted by Gasteiger charge is -2.39. The molecule has 2 amide bonds. The molecule has 1 aromatic heterocycles. The van der Waals surface area contributed by atoms with Crippen LogP contribution < -0.4 is 0 Å². The minimum atomic E-state index is -2.29. The Bertz CT molecular complexity index is 1040. The summed E-state index contributed by atoms with van der Waals surface area (Å²) in [5.41, 5.74) is 1.52. The molecule has 1 saturated heterocycles. The molecule has 0 unspecified atom stereocenters. The van der Waals surface area contributed by atoms with Gasteiger partial charge in [0.25, 0.3) is 0 Å². The Kier molecular flexibility index (Phi) is 8.01. The third-order valence-electron chi connectivity index (χ3n) is 6.55. The number of rotatable bonds is 7. The van der Waals surface area contributed by atoms with E-state index in [9.17, 15) is 9.59 Å². The SMILES string of the molecule is C[C@H]1[C@@H](c2ccccc2)OC(=O)N1C(=O)C[C@H](O[Si](C)(C)C(C)(C)C)/C(Cl)=C/c1ccccn1. The molecule has 3 rings (SSSR count). The maximum atomic E-state index is 13.4. The van der Waals surface area contributed by atoms with Gasteiger partial charge in [-0.1, -0.05) is 68.8 Å². The number of hydrogen-bond donors (Lipinski definition) is 0. The van der Waals surface area contributed by atoms with Crippen molar-refractivity contribution in [3.63, 3.8) is 0 Å². The molecule has 2 aromatic rings. The molecule has 2 heterocycles. The maximum Gasteiger partial charge on any atom is 0.417 e. The van der Waals surface area contributed by atoms with Gasteiger partial charge in [0.1, 0.15) is 6.10 Å². The van der Waals surface area contributed by atoms with Crippen LogP contribution in [0.15, 0.2) is 59.8 Å². The van der Waals surface area contributed by atoms with Crippen molar-refractivity contribution in [3.8, 4) is 0 Å². The number of halogens is 1. The van der Waals surface area contributed by atoms with E-state index in [0.717, 1.165) is 5.56 Å². The van der Waals surface area contributed by atoms with E-state index in [1.54, 1.807) is 12.3 Å². The monoisotopic (exact) mass is 500 g/mol. The number of ether oxygens (including phenoxy) is 1. The van der Waals surface area contributed by atoms with Crippen molar-refractivity contribution in [1.29, 1.82) is 0 Å². The molecule has 0 bridgehead atoms. The number of amides is 2. The van der Waals surface area contributed by atoms with Gasteiger partial charge in [0.05, 0.1) is 24.3 Å². The van der Waals surface area contributed by atoms with Crippen LogP contribution in [0.2, 0.25) is 18.1 Å². The van der Waals surface area contributed by atoms with Crippen LogP contribution in [0.3, 0.4) is 0 Å². The summed E-state index contributed by atoms with van der Waals surface area (Å²) in [7, 11) is -2.29. The summed E-state index contributed by atoms with van der Waals surface area (Å²) in [5, 5.41) is 0.283. The Hall–Kier alpha value is -2.48. The molecular weight excluding hydrogens is 468 g/mol. The second kappa shape index (κ2) is 10.4. The fourth-order valence-corrected chi connectivity index (χ4v) is 5.15. The number of aromatic nitrogens is 1. The number of hydrogen-bond acceptors (Lipinski definition) is 5. The Balaban J connectivity index is 1.86. The number of benzene rings is 1. The lowest BCUT2D eigenvalue weighted by molar-refractivity contribution is -0.130. The van der Waals surface area contributed by atoms with Crippen LogP contribution in [0, 0.1) is 0 Å². The maximum absolute atomic E-state index is 13.4. The third-order valence-corrected chi connectivity index (χ3v) is 11.4. The Morgan fingerprint density at radius 1 is 1.21 bits per heavy atom. The highest BCUT2D eigenvalue weighted by Crippen LogP contribution is 2.40. The van der Waals surface area contributed by atoms with E-state index in [-0.39, 0.29) is 17.4 Å². The molecule has 0 aliphatic carbocycles. The summed E-state index contributed by atoms with van der Waals surface area (Å²) >= 11 is 6.72. The summed E-state index contributed by atoms with van der Waals surface area (Å²) < 4.78 is 12.1. The molecule has 34 heavy (non-hydrogen) atoms. The third kappa shape index (κ3) is 5.95. The highest BCUT2D eigenvalue weighted by Gasteiger charge is 2.45. The van der Waals surface area contributed by atoms with Gasteiger partial charge in [-0.25, -0.2) is 9.69 Å². The van der Waals surface area contributed by atoms with Gasteiger partial charge in [0, 0.05) is 11.2 Å². The van der Waals surface area contributed by atoms with Crippen LogP contribution in [0.25, 0.3) is 6.08 Å². The van der Waals surface area contributed by atoms with Gasteiger partial charge in [-0.3, -0.25) is 9.78 Å². The summed E-state index contributed by atoms with van der Waals surface area (Å²) in [6.07, 6.45) is 1.45. The highest BCUT2D eigenvalue weighted by atomic mass is 35.5. The van der Waals surface area contributed by atoms with Crippen molar-refractivity contribution in [1.82, 2.24) is 9.88 Å². The van der Waals surface area contributed by atoms with E-state index < -0.39 is 32.7 Å². The Morgan fingerprint density at radius 3 is 2.44 bits per heavy atom. The lowest BCUT2D eigenvalue weighted by Crippen LogP contribution is -2.46. The molecule has 1 aliphatic heterocycles. The first-order chi connectivity index (χ1) is 15.9. The lowest BCUT2D eigenvalue weighted by atomic mass is 10.0. The van der Waals surface area contributed by atoms with Crippen LogP contribution in [-0.4, -0.2) is 42.3 Å². The minimum absolute atomic E-state index is 0.0738. The highest BCUT2D eigenvalue weighted by molar-refractivity contribution is 6.74. The van der Waals surface area contributed by atoms with Gasteiger partial charge in [-0.2, -0.15) is 0 Å². The molecule has 0 spiro atoms. The summed E-state index contributed by atoms with van der Waals surface area (Å²) in [5.74, 6) is -0.382. The average Bonchev–Trinajstić information content (AvgIpc) is 3.07. The van der Waals surface area contributed by atoms with E-state index in [0.29, 0.717) is 10.7 Å². The number of imide groups is 1. The van der Waals surface area contributed by atoms with Gasteiger partial charge in [0.2, 0.25) is 5.91 Å². The van der Waals surface area contributed by atoms with Crippen molar-refractivity contribution in [2.75, 3.05) is 0 Å². The smallest absolute Gasteiger partial charge is 0.417 e. The second-order valence-electron chi connectivity index (χ2n) is 10.1. The topological polar surface area (TPSA) is 68.7 Å². The minimum Gasteiger partial charge on any atom is -0.439 e. The summed E-state index contributed by atoms with van der Waals surface area (Å²) in [6.45, 7) is 12.4. The molecular formula is C26H33ClN2O4Si. The van der Waals surface area contributed by atoms with E-state index in [1.807, 2.05) is 55.5 Å². The number of cyclic esters (lactones) is 1. The Morgan fingerprint density at radius 2 is 1.85 bits per heavy atom. The van der Waals surface area contributed by atoms with Crippen molar-refractivity contribution in [3.05, 3.63) is 71.0 Å². The van der Waals surface area contributed by atoms with Crippen LogP contribution in [0.5, 0.6) is 0 Å². The number of carbonyl (C=O) groups is 2. The molecule has 1 fully saturated rings. The quantitative estimate of drug-likeness (QED) is 0.403. The normalized spacial score (nSPS) is 20.3. The van der Waals surface area contributed by atoms with Gasteiger partial charge in [-0.05, 0) is 48.8 Å². The number of nitrogens with zero attached hydrogens (tertiary/aromatic N) is 2. The summed E-state index contributed by atoms with van der Waals surface area (Å²) in [6, 6.07) is 14.5. The molecule has 8 heteroatoms. The first-order valence-corrected chi connectivity index (χ1v) is 14.7. The fourth-order valence-electron chi connectivity index (χ4n) is 3.56. The van der Waals surface area contributed by atoms with Gasteiger partial charge >= 0.3 is 6.09 Å².